The smallest absolute Gasteiger partial charge is 0.191 e. The lowest BCUT2D eigenvalue weighted by Crippen LogP contribution is -2.10. The molecule has 1 atom stereocenters. The lowest BCUT2D eigenvalue weighted by molar-refractivity contribution is 0.760. The molecule has 0 aliphatic rings. The van der Waals surface area contributed by atoms with Crippen molar-refractivity contribution in [2.45, 2.75) is 17.3 Å². The van der Waals surface area contributed by atoms with Crippen LogP contribution in [-0.2, 0) is 7.05 Å². The topological polar surface area (TPSA) is 69.6 Å². The molecular formula is C11H15N5S. The van der Waals surface area contributed by atoms with E-state index in [2.05, 4.69) is 15.2 Å². The van der Waals surface area contributed by atoms with Crippen molar-refractivity contribution in [1.82, 2.24) is 19.7 Å². The normalized spacial score (nSPS) is 12.6. The van der Waals surface area contributed by atoms with Crippen molar-refractivity contribution in [2.24, 2.45) is 12.8 Å². The summed E-state index contributed by atoms with van der Waals surface area (Å²) in [6.07, 6.45) is 3.56. The summed E-state index contributed by atoms with van der Waals surface area (Å²) in [4.78, 5) is 4.01. The molecule has 0 bridgehead atoms. The first-order valence-electron chi connectivity index (χ1n) is 5.35. The van der Waals surface area contributed by atoms with Gasteiger partial charge in [0, 0.05) is 31.2 Å². The largest absolute Gasteiger partial charge is 0.329 e. The Morgan fingerprint density at radius 1 is 1.35 bits per heavy atom. The van der Waals surface area contributed by atoms with Crippen LogP contribution < -0.4 is 5.73 Å². The summed E-state index contributed by atoms with van der Waals surface area (Å²) in [7, 11) is 1.96. The molecule has 0 spiro atoms. The number of hydrogen-bond donors (Lipinski definition) is 1. The summed E-state index contributed by atoms with van der Waals surface area (Å²) in [6.45, 7) is 2.49. The van der Waals surface area contributed by atoms with E-state index < -0.39 is 0 Å². The zero-order chi connectivity index (χ0) is 12.3. The van der Waals surface area contributed by atoms with Gasteiger partial charge in [-0.3, -0.25) is 4.98 Å². The lowest BCUT2D eigenvalue weighted by atomic mass is 10.2. The molecule has 5 nitrogen and oxygen atoms in total. The molecule has 0 saturated carbocycles. The van der Waals surface area contributed by atoms with Crippen LogP contribution in [0.3, 0.4) is 0 Å². The minimum absolute atomic E-state index is 0.181. The Labute approximate surface area is 104 Å². The van der Waals surface area contributed by atoms with Crippen LogP contribution in [0.1, 0.15) is 16.6 Å². The van der Waals surface area contributed by atoms with Gasteiger partial charge in [0.1, 0.15) is 5.82 Å². The average Bonchev–Trinajstić information content (AvgIpc) is 2.68. The van der Waals surface area contributed by atoms with E-state index in [1.165, 1.54) is 0 Å². The first kappa shape index (κ1) is 12.1. The van der Waals surface area contributed by atoms with Gasteiger partial charge in [0.2, 0.25) is 0 Å². The highest BCUT2D eigenvalue weighted by Gasteiger charge is 2.15. The van der Waals surface area contributed by atoms with Crippen LogP contribution in [0.25, 0.3) is 0 Å². The predicted octanol–water partition coefficient (Wildman–Crippen LogP) is 1.31. The maximum absolute atomic E-state index is 5.81. The van der Waals surface area contributed by atoms with Crippen molar-refractivity contribution in [1.29, 1.82) is 0 Å². The number of aromatic nitrogens is 4. The Kier molecular flexibility index (Phi) is 3.75. The first-order valence-corrected chi connectivity index (χ1v) is 6.23. The Bertz CT molecular complexity index is 482. The molecule has 2 aromatic rings. The molecule has 0 aliphatic heterocycles. The van der Waals surface area contributed by atoms with E-state index in [-0.39, 0.29) is 5.25 Å². The molecule has 1 unspecified atom stereocenters. The van der Waals surface area contributed by atoms with Gasteiger partial charge in [-0.05, 0) is 24.6 Å². The molecule has 90 valence electrons. The van der Waals surface area contributed by atoms with Crippen molar-refractivity contribution in [3.05, 3.63) is 35.9 Å². The highest BCUT2D eigenvalue weighted by atomic mass is 32.2. The molecule has 2 aromatic heterocycles. The number of thioether (sulfide) groups is 1. The third-order valence-corrected chi connectivity index (χ3v) is 3.91. The van der Waals surface area contributed by atoms with Gasteiger partial charge in [-0.15, -0.1) is 10.2 Å². The summed E-state index contributed by atoms with van der Waals surface area (Å²) in [6, 6.07) is 3.96. The van der Waals surface area contributed by atoms with Gasteiger partial charge >= 0.3 is 0 Å². The van der Waals surface area contributed by atoms with Crippen LogP contribution in [0.2, 0.25) is 0 Å². The molecular weight excluding hydrogens is 234 g/mol. The summed E-state index contributed by atoms with van der Waals surface area (Å²) in [5, 5.41) is 9.23. The van der Waals surface area contributed by atoms with E-state index in [9.17, 15) is 0 Å². The third kappa shape index (κ3) is 2.65. The summed E-state index contributed by atoms with van der Waals surface area (Å²) < 4.78 is 1.97. The minimum Gasteiger partial charge on any atom is -0.329 e. The highest BCUT2D eigenvalue weighted by molar-refractivity contribution is 7.99. The number of aryl methyl sites for hydroxylation is 1. The maximum atomic E-state index is 5.81. The second-order valence-corrected chi connectivity index (χ2v) is 4.88. The summed E-state index contributed by atoms with van der Waals surface area (Å²) >= 11 is 1.63. The Hall–Kier alpha value is -1.40. The Morgan fingerprint density at radius 3 is 2.59 bits per heavy atom. The Balaban J connectivity index is 2.19. The van der Waals surface area contributed by atoms with E-state index in [1.807, 2.05) is 30.7 Å². The van der Waals surface area contributed by atoms with E-state index in [0.717, 1.165) is 16.5 Å². The average molecular weight is 249 g/mol. The molecule has 0 radical (unpaired) electrons. The fraction of sp³-hybridized carbons (Fsp3) is 0.364. The van der Waals surface area contributed by atoms with Crippen molar-refractivity contribution >= 4 is 11.8 Å². The predicted molar refractivity (Wildman–Crippen MR) is 67.6 cm³/mol. The molecule has 0 amide bonds. The fourth-order valence-electron chi connectivity index (χ4n) is 1.45. The number of hydrogen-bond acceptors (Lipinski definition) is 5. The molecule has 0 saturated heterocycles. The van der Waals surface area contributed by atoms with Crippen molar-refractivity contribution in [3.8, 4) is 0 Å². The van der Waals surface area contributed by atoms with Crippen molar-refractivity contribution in [3.63, 3.8) is 0 Å². The first-order chi connectivity index (χ1) is 8.22. The van der Waals surface area contributed by atoms with Crippen LogP contribution >= 0.6 is 11.8 Å². The van der Waals surface area contributed by atoms with Crippen molar-refractivity contribution < 1.29 is 0 Å². The lowest BCUT2D eigenvalue weighted by Gasteiger charge is -2.13. The molecule has 17 heavy (non-hydrogen) atoms. The number of nitrogens with two attached hydrogens (primary N) is 1. The van der Waals surface area contributed by atoms with Gasteiger partial charge in [-0.25, -0.2) is 0 Å². The van der Waals surface area contributed by atoms with Crippen LogP contribution in [0, 0.1) is 6.92 Å². The third-order valence-electron chi connectivity index (χ3n) is 2.59. The van der Waals surface area contributed by atoms with E-state index in [0.29, 0.717) is 6.54 Å². The van der Waals surface area contributed by atoms with Crippen LogP contribution in [0.5, 0.6) is 0 Å². The van der Waals surface area contributed by atoms with Gasteiger partial charge in [0.05, 0.1) is 0 Å². The maximum Gasteiger partial charge on any atom is 0.191 e. The number of nitrogens with zero attached hydrogens (tertiary/aromatic N) is 4. The van der Waals surface area contributed by atoms with Crippen LogP contribution in [-0.4, -0.2) is 26.3 Å². The van der Waals surface area contributed by atoms with Crippen LogP contribution in [0.15, 0.2) is 29.7 Å². The standard InChI is InChI=1S/C11H15N5S/c1-8-14-15-11(16(8)2)17-10(7-12)9-3-5-13-6-4-9/h3-6,10H,7,12H2,1-2H3. The van der Waals surface area contributed by atoms with E-state index in [1.54, 1.807) is 24.2 Å². The van der Waals surface area contributed by atoms with E-state index in [4.69, 9.17) is 5.73 Å². The molecule has 2 N–H and O–H groups in total. The SMILES string of the molecule is Cc1nnc(SC(CN)c2ccncc2)n1C. The molecule has 2 rings (SSSR count). The summed E-state index contributed by atoms with van der Waals surface area (Å²) in [5.74, 6) is 0.901. The molecule has 2 heterocycles. The van der Waals surface area contributed by atoms with Gasteiger partial charge < -0.3 is 10.3 Å². The zero-order valence-corrected chi connectivity index (χ0v) is 10.7. The summed E-state index contributed by atoms with van der Waals surface area (Å²) in [5.41, 5.74) is 6.97. The van der Waals surface area contributed by atoms with Gasteiger partial charge in [-0.2, -0.15) is 0 Å². The van der Waals surface area contributed by atoms with Gasteiger partial charge in [0.15, 0.2) is 5.16 Å². The quantitative estimate of drug-likeness (QED) is 0.827. The molecule has 6 heteroatoms. The highest BCUT2D eigenvalue weighted by Crippen LogP contribution is 2.32. The monoisotopic (exact) mass is 249 g/mol. The second kappa shape index (κ2) is 5.29. The number of pyridine rings is 1. The minimum atomic E-state index is 0.181. The zero-order valence-electron chi connectivity index (χ0n) is 9.87. The molecule has 0 aliphatic carbocycles. The van der Waals surface area contributed by atoms with Gasteiger partial charge in [-0.1, -0.05) is 11.8 Å². The molecule has 0 aromatic carbocycles. The second-order valence-electron chi connectivity index (χ2n) is 3.71. The molecule has 0 fully saturated rings. The van der Waals surface area contributed by atoms with Crippen molar-refractivity contribution in [2.75, 3.05) is 6.54 Å². The van der Waals surface area contributed by atoms with Crippen LogP contribution in [0.4, 0.5) is 0 Å². The number of rotatable bonds is 4. The fourth-order valence-corrected chi connectivity index (χ4v) is 2.47. The van der Waals surface area contributed by atoms with E-state index >= 15 is 0 Å². The van der Waals surface area contributed by atoms with Gasteiger partial charge in [0.25, 0.3) is 0 Å². The Morgan fingerprint density at radius 2 is 2.06 bits per heavy atom.